The predicted octanol–water partition coefficient (Wildman–Crippen LogP) is 2.74. The van der Waals surface area contributed by atoms with E-state index in [2.05, 4.69) is 10.2 Å². The van der Waals surface area contributed by atoms with Crippen LogP contribution in [0.4, 0.5) is 0 Å². The molecule has 106 valence electrons. The summed E-state index contributed by atoms with van der Waals surface area (Å²) in [6, 6.07) is 9.40. The maximum absolute atomic E-state index is 10.8. The first-order valence-electron chi connectivity index (χ1n) is 6.34. The highest BCUT2D eigenvalue weighted by Crippen LogP contribution is 2.21. The lowest BCUT2D eigenvalue weighted by atomic mass is 9.97. The Balaban J connectivity index is 2.17. The average molecular weight is 274 g/mol. The Labute approximate surface area is 117 Å². The molecule has 0 atom stereocenters. The first kappa shape index (κ1) is 14.3. The Bertz CT molecular complexity index is 600. The molecule has 0 radical (unpaired) electrons. The van der Waals surface area contributed by atoms with Gasteiger partial charge in [-0.05, 0) is 25.5 Å². The van der Waals surface area contributed by atoms with Crippen molar-refractivity contribution in [1.29, 1.82) is 0 Å². The maximum atomic E-state index is 10.8. The van der Waals surface area contributed by atoms with Gasteiger partial charge in [0.1, 0.15) is 5.69 Å². The fourth-order valence-corrected chi connectivity index (χ4v) is 1.94. The van der Waals surface area contributed by atoms with Gasteiger partial charge in [-0.1, -0.05) is 24.3 Å². The third kappa shape index (κ3) is 3.24. The topological polar surface area (TPSA) is 75.2 Å². The number of carbonyl (C=O) groups is 1. The Kier molecular flexibility index (Phi) is 3.90. The number of hydrogen-bond acceptors (Lipinski definition) is 3. The molecular formula is C15H18N2O3. The summed E-state index contributed by atoms with van der Waals surface area (Å²) in [5.74, 6) is -1.01. The van der Waals surface area contributed by atoms with Gasteiger partial charge >= 0.3 is 5.97 Å². The van der Waals surface area contributed by atoms with Gasteiger partial charge in [-0.25, -0.2) is 4.79 Å². The quantitative estimate of drug-likeness (QED) is 0.879. The number of carboxylic acids is 1. The van der Waals surface area contributed by atoms with Crippen molar-refractivity contribution in [1.82, 2.24) is 10.2 Å². The first-order valence-corrected chi connectivity index (χ1v) is 6.34. The van der Waals surface area contributed by atoms with E-state index in [0.717, 1.165) is 17.5 Å². The number of methoxy groups -OCH3 is 1. The van der Waals surface area contributed by atoms with Crippen molar-refractivity contribution in [3.63, 3.8) is 0 Å². The van der Waals surface area contributed by atoms with Crippen LogP contribution in [0.15, 0.2) is 30.3 Å². The van der Waals surface area contributed by atoms with Crippen LogP contribution in [-0.2, 0) is 11.2 Å². The lowest BCUT2D eigenvalue weighted by Gasteiger charge is -2.22. The van der Waals surface area contributed by atoms with E-state index < -0.39 is 5.97 Å². The minimum atomic E-state index is -1.01. The van der Waals surface area contributed by atoms with Crippen molar-refractivity contribution in [2.75, 3.05) is 7.11 Å². The van der Waals surface area contributed by atoms with Crippen LogP contribution in [0.2, 0.25) is 0 Å². The SMILES string of the molecule is COC(C)(C)Cc1ccc(-c2cc(C(=O)O)[nH]n2)cc1. The van der Waals surface area contributed by atoms with E-state index in [0.29, 0.717) is 5.69 Å². The number of carboxylic acid groups (broad SMARTS) is 1. The number of aromatic nitrogens is 2. The van der Waals surface area contributed by atoms with Crippen LogP contribution >= 0.6 is 0 Å². The number of hydrogen-bond donors (Lipinski definition) is 2. The Hall–Kier alpha value is -2.14. The monoisotopic (exact) mass is 274 g/mol. The van der Waals surface area contributed by atoms with Gasteiger partial charge in [-0.2, -0.15) is 5.10 Å². The summed E-state index contributed by atoms with van der Waals surface area (Å²) < 4.78 is 5.40. The molecule has 2 rings (SSSR count). The average Bonchev–Trinajstić information content (AvgIpc) is 2.89. The zero-order valence-electron chi connectivity index (χ0n) is 11.8. The van der Waals surface area contributed by atoms with Crippen LogP contribution in [0, 0.1) is 0 Å². The predicted molar refractivity (Wildman–Crippen MR) is 75.8 cm³/mol. The largest absolute Gasteiger partial charge is 0.477 e. The zero-order valence-corrected chi connectivity index (χ0v) is 11.8. The van der Waals surface area contributed by atoms with Gasteiger partial charge < -0.3 is 9.84 Å². The molecule has 1 aromatic carbocycles. The van der Waals surface area contributed by atoms with Crippen LogP contribution in [0.5, 0.6) is 0 Å². The number of aromatic carboxylic acids is 1. The molecule has 2 N–H and O–H groups in total. The highest BCUT2D eigenvalue weighted by atomic mass is 16.5. The lowest BCUT2D eigenvalue weighted by molar-refractivity contribution is 0.0232. The van der Waals surface area contributed by atoms with Gasteiger partial charge in [-0.3, -0.25) is 5.10 Å². The number of nitrogens with one attached hydrogen (secondary N) is 1. The standard InChI is InChI=1S/C15H18N2O3/c1-15(2,20-3)9-10-4-6-11(7-5-10)12-8-13(14(18)19)17-16-12/h4-8H,9H2,1-3H3,(H,16,17)(H,18,19). The normalized spacial score (nSPS) is 11.6. The first-order chi connectivity index (χ1) is 9.41. The number of benzene rings is 1. The van der Waals surface area contributed by atoms with E-state index >= 15 is 0 Å². The van der Waals surface area contributed by atoms with Gasteiger partial charge in [0.15, 0.2) is 0 Å². The molecule has 0 aliphatic heterocycles. The maximum Gasteiger partial charge on any atom is 0.353 e. The Morgan fingerprint density at radius 1 is 1.35 bits per heavy atom. The van der Waals surface area contributed by atoms with E-state index in [4.69, 9.17) is 9.84 Å². The molecule has 0 aliphatic rings. The van der Waals surface area contributed by atoms with Crippen LogP contribution in [0.1, 0.15) is 29.9 Å². The summed E-state index contributed by atoms with van der Waals surface area (Å²) in [6.45, 7) is 4.07. The van der Waals surface area contributed by atoms with Crippen LogP contribution in [0.3, 0.4) is 0 Å². The Morgan fingerprint density at radius 3 is 2.50 bits per heavy atom. The van der Waals surface area contributed by atoms with Gasteiger partial charge in [-0.15, -0.1) is 0 Å². The molecule has 0 fully saturated rings. The molecule has 20 heavy (non-hydrogen) atoms. The van der Waals surface area contributed by atoms with Crippen molar-refractivity contribution >= 4 is 5.97 Å². The van der Waals surface area contributed by atoms with Crippen molar-refractivity contribution < 1.29 is 14.6 Å². The summed E-state index contributed by atoms with van der Waals surface area (Å²) in [5, 5.41) is 15.4. The summed E-state index contributed by atoms with van der Waals surface area (Å²) in [5.41, 5.74) is 2.55. The molecule has 5 nitrogen and oxygen atoms in total. The number of rotatable bonds is 5. The fourth-order valence-electron chi connectivity index (χ4n) is 1.94. The van der Waals surface area contributed by atoms with Crippen molar-refractivity contribution in [3.05, 3.63) is 41.6 Å². The molecule has 0 saturated heterocycles. The molecule has 0 saturated carbocycles. The summed E-state index contributed by atoms with van der Waals surface area (Å²) >= 11 is 0. The molecule has 1 heterocycles. The molecule has 2 aromatic rings. The number of aromatic amines is 1. The second kappa shape index (κ2) is 5.46. The van der Waals surface area contributed by atoms with Gasteiger partial charge in [0, 0.05) is 19.1 Å². The highest BCUT2D eigenvalue weighted by molar-refractivity contribution is 5.86. The minimum absolute atomic E-state index is 0.0876. The molecule has 1 aromatic heterocycles. The second-order valence-electron chi connectivity index (χ2n) is 5.31. The lowest BCUT2D eigenvalue weighted by Crippen LogP contribution is -2.25. The van der Waals surface area contributed by atoms with Gasteiger partial charge in [0.25, 0.3) is 0 Å². The van der Waals surface area contributed by atoms with Crippen LogP contribution < -0.4 is 0 Å². The molecule has 0 bridgehead atoms. The molecule has 0 aliphatic carbocycles. The summed E-state index contributed by atoms with van der Waals surface area (Å²) in [7, 11) is 1.70. The number of nitrogens with zero attached hydrogens (tertiary/aromatic N) is 1. The van der Waals surface area contributed by atoms with E-state index in [1.165, 1.54) is 6.07 Å². The zero-order chi connectivity index (χ0) is 14.8. The van der Waals surface area contributed by atoms with Crippen molar-refractivity contribution in [2.24, 2.45) is 0 Å². The fraction of sp³-hybridized carbons (Fsp3) is 0.333. The second-order valence-corrected chi connectivity index (χ2v) is 5.31. The molecular weight excluding hydrogens is 256 g/mol. The third-order valence-electron chi connectivity index (χ3n) is 3.24. The van der Waals surface area contributed by atoms with E-state index in [1.54, 1.807) is 7.11 Å². The van der Waals surface area contributed by atoms with Crippen LogP contribution in [0.25, 0.3) is 11.3 Å². The third-order valence-corrected chi connectivity index (χ3v) is 3.24. The molecule has 0 unspecified atom stereocenters. The van der Waals surface area contributed by atoms with Gasteiger partial charge in [0.05, 0.1) is 11.3 Å². The summed E-state index contributed by atoms with van der Waals surface area (Å²) in [6.07, 6.45) is 0.810. The minimum Gasteiger partial charge on any atom is -0.477 e. The number of ether oxygens (including phenoxy) is 1. The smallest absolute Gasteiger partial charge is 0.353 e. The molecule has 5 heteroatoms. The number of H-pyrrole nitrogens is 1. The molecule has 0 amide bonds. The van der Waals surface area contributed by atoms with Crippen LogP contribution in [-0.4, -0.2) is 34.0 Å². The van der Waals surface area contributed by atoms with Gasteiger partial charge in [0.2, 0.25) is 0 Å². The highest BCUT2D eigenvalue weighted by Gasteiger charge is 2.17. The molecule has 0 spiro atoms. The van der Waals surface area contributed by atoms with E-state index in [9.17, 15) is 4.79 Å². The van der Waals surface area contributed by atoms with E-state index in [-0.39, 0.29) is 11.3 Å². The van der Waals surface area contributed by atoms with Crippen molar-refractivity contribution in [2.45, 2.75) is 25.9 Å². The summed E-state index contributed by atoms with van der Waals surface area (Å²) in [4.78, 5) is 10.8. The Morgan fingerprint density at radius 2 is 2.00 bits per heavy atom. The van der Waals surface area contributed by atoms with Crippen molar-refractivity contribution in [3.8, 4) is 11.3 Å². The van der Waals surface area contributed by atoms with E-state index in [1.807, 2.05) is 38.1 Å².